The lowest BCUT2D eigenvalue weighted by molar-refractivity contribution is -0.108. The molecule has 0 aliphatic carbocycles. The summed E-state index contributed by atoms with van der Waals surface area (Å²) in [4.78, 5) is 0. The third kappa shape index (κ3) is 6.15. The Morgan fingerprint density at radius 3 is 1.24 bits per heavy atom. The molecule has 128 valence electrons. The minimum atomic E-state index is -0.838. The molecule has 0 aliphatic heterocycles. The fourth-order valence-corrected chi connectivity index (χ4v) is 3.77. The van der Waals surface area contributed by atoms with E-state index in [-0.39, 0.29) is 25.2 Å². The summed E-state index contributed by atoms with van der Waals surface area (Å²) in [6.45, 7) is -0.583. The Balaban J connectivity index is 5.36. The number of hydrogen-bond acceptors (Lipinski definition) is 6. The zero-order valence-electron chi connectivity index (χ0n) is 12.9. The van der Waals surface area contributed by atoms with Gasteiger partial charge in [-0.3, -0.25) is 0 Å². The highest BCUT2D eigenvalue weighted by molar-refractivity contribution is 7.80. The monoisotopic (exact) mass is 356 g/mol. The normalized spacial score (nSPS) is 12.9. The van der Waals surface area contributed by atoms with Gasteiger partial charge >= 0.3 is 0 Å². The maximum atomic E-state index is 9.89. The Hall–Kier alpha value is 0.930. The molecule has 0 rings (SSSR count). The Kier molecular flexibility index (Phi) is 12.9. The molecule has 0 aromatic heterocycles. The van der Waals surface area contributed by atoms with Gasteiger partial charge in [0.2, 0.25) is 0 Å². The molecule has 0 saturated heterocycles. The largest absolute Gasteiger partial charge is 0.396 e. The summed E-state index contributed by atoms with van der Waals surface area (Å²) in [7, 11) is 0. The Labute approximate surface area is 146 Å². The summed E-state index contributed by atoms with van der Waals surface area (Å²) in [5, 5.41) is 29.7. The van der Waals surface area contributed by atoms with Gasteiger partial charge in [-0.25, -0.2) is 0 Å². The van der Waals surface area contributed by atoms with Crippen LogP contribution in [-0.4, -0.2) is 52.4 Å². The van der Waals surface area contributed by atoms with Crippen LogP contribution in [0.2, 0.25) is 0 Å². The number of hydrogen-bond donors (Lipinski definition) is 6. The van der Waals surface area contributed by atoms with Crippen LogP contribution >= 0.6 is 37.9 Å². The molecule has 0 saturated carbocycles. The fraction of sp³-hybridized carbons (Fsp3) is 1.00. The zero-order valence-corrected chi connectivity index (χ0v) is 15.6. The highest BCUT2D eigenvalue weighted by Crippen LogP contribution is 2.50. The van der Waals surface area contributed by atoms with Gasteiger partial charge in [0.25, 0.3) is 0 Å². The minimum Gasteiger partial charge on any atom is -0.396 e. The predicted molar refractivity (Wildman–Crippen MR) is 100 cm³/mol. The van der Waals surface area contributed by atoms with E-state index in [0.717, 1.165) is 62.2 Å². The van der Waals surface area contributed by atoms with Gasteiger partial charge in [-0.15, -0.1) is 0 Å². The van der Waals surface area contributed by atoms with Crippen LogP contribution in [-0.2, 0) is 0 Å². The van der Waals surface area contributed by atoms with Crippen LogP contribution in [0, 0.1) is 10.8 Å². The van der Waals surface area contributed by atoms with Gasteiger partial charge in [-0.1, -0.05) is 6.42 Å². The molecule has 0 fully saturated rings. The molecular formula is C15H32O3S3. The number of aliphatic hydroxyl groups is 3. The summed E-state index contributed by atoms with van der Waals surface area (Å²) < 4.78 is 0. The van der Waals surface area contributed by atoms with Gasteiger partial charge in [-0.2, -0.15) is 37.9 Å². The van der Waals surface area contributed by atoms with Crippen molar-refractivity contribution in [3.8, 4) is 0 Å². The van der Waals surface area contributed by atoms with Crippen LogP contribution < -0.4 is 0 Å². The molecule has 0 aromatic rings. The lowest BCUT2D eigenvalue weighted by Gasteiger charge is -2.49. The zero-order chi connectivity index (χ0) is 16.2. The van der Waals surface area contributed by atoms with E-state index in [9.17, 15) is 15.3 Å². The lowest BCUT2D eigenvalue weighted by Crippen LogP contribution is -2.50. The van der Waals surface area contributed by atoms with Crippen LogP contribution in [0.3, 0.4) is 0 Å². The van der Waals surface area contributed by atoms with Crippen molar-refractivity contribution in [2.75, 3.05) is 37.1 Å². The number of rotatable bonds is 14. The summed E-state index contributed by atoms with van der Waals surface area (Å²) in [5.41, 5.74) is -1.10. The van der Waals surface area contributed by atoms with Crippen molar-refractivity contribution in [1.82, 2.24) is 0 Å². The summed E-state index contributed by atoms with van der Waals surface area (Å²) >= 11 is 12.9. The van der Waals surface area contributed by atoms with Crippen molar-refractivity contribution < 1.29 is 15.3 Å². The first-order chi connectivity index (χ1) is 10.1. The molecule has 0 aromatic carbocycles. The molecule has 0 radical (unpaired) electrons. The average molecular weight is 357 g/mol. The third-order valence-corrected chi connectivity index (χ3v) is 5.67. The highest BCUT2D eigenvalue weighted by Gasteiger charge is 2.48. The molecule has 21 heavy (non-hydrogen) atoms. The molecule has 0 aliphatic rings. The van der Waals surface area contributed by atoms with E-state index in [4.69, 9.17) is 0 Å². The third-order valence-electron chi connectivity index (χ3n) is 4.72. The van der Waals surface area contributed by atoms with E-state index in [2.05, 4.69) is 37.9 Å². The van der Waals surface area contributed by atoms with Gasteiger partial charge in [0.05, 0.1) is 19.8 Å². The Morgan fingerprint density at radius 1 is 0.524 bits per heavy atom. The number of unbranched alkanes of at least 4 members (excludes halogenated alkanes) is 1. The van der Waals surface area contributed by atoms with Crippen molar-refractivity contribution >= 4 is 37.9 Å². The van der Waals surface area contributed by atoms with Crippen molar-refractivity contribution in [1.29, 1.82) is 0 Å². The van der Waals surface area contributed by atoms with Gasteiger partial charge in [-0.05, 0) is 61.2 Å². The topological polar surface area (TPSA) is 60.7 Å². The summed E-state index contributed by atoms with van der Waals surface area (Å²) in [6, 6.07) is 0. The van der Waals surface area contributed by atoms with Gasteiger partial charge < -0.3 is 15.3 Å². The lowest BCUT2D eigenvalue weighted by atomic mass is 9.57. The molecule has 0 bridgehead atoms. The quantitative estimate of drug-likeness (QED) is 0.214. The first-order valence-corrected chi connectivity index (χ1v) is 9.67. The van der Waals surface area contributed by atoms with E-state index in [1.165, 1.54) is 0 Å². The van der Waals surface area contributed by atoms with Crippen LogP contribution in [0.5, 0.6) is 0 Å². The minimum absolute atomic E-state index is 0.194. The van der Waals surface area contributed by atoms with Crippen molar-refractivity contribution in [2.45, 2.75) is 44.9 Å². The molecule has 0 atom stereocenters. The van der Waals surface area contributed by atoms with Crippen LogP contribution in [0.4, 0.5) is 0 Å². The van der Waals surface area contributed by atoms with Gasteiger partial charge in [0.15, 0.2) is 0 Å². The molecule has 0 amide bonds. The smallest absolute Gasteiger partial charge is 0.0536 e. The van der Waals surface area contributed by atoms with Crippen molar-refractivity contribution in [2.24, 2.45) is 10.8 Å². The Morgan fingerprint density at radius 2 is 0.905 bits per heavy atom. The molecular weight excluding hydrogens is 324 g/mol. The first-order valence-electron chi connectivity index (χ1n) is 7.77. The summed E-state index contributed by atoms with van der Waals surface area (Å²) in [6.07, 6.45) is 6.43. The average Bonchev–Trinajstić information content (AvgIpc) is 2.52. The van der Waals surface area contributed by atoms with Gasteiger partial charge in [0.1, 0.15) is 0 Å². The second kappa shape index (κ2) is 12.4. The van der Waals surface area contributed by atoms with Crippen LogP contribution in [0.1, 0.15) is 44.9 Å². The molecule has 6 heteroatoms. The van der Waals surface area contributed by atoms with Crippen molar-refractivity contribution in [3.63, 3.8) is 0 Å². The second-order valence-corrected chi connectivity index (χ2v) is 7.21. The van der Waals surface area contributed by atoms with E-state index in [1.807, 2.05) is 0 Å². The number of aliphatic hydroxyl groups excluding tert-OH is 3. The Bertz CT molecular complexity index is 232. The van der Waals surface area contributed by atoms with E-state index < -0.39 is 5.41 Å². The molecule has 0 spiro atoms. The molecule has 0 heterocycles. The van der Waals surface area contributed by atoms with E-state index >= 15 is 0 Å². The highest BCUT2D eigenvalue weighted by atomic mass is 32.1. The molecule has 3 nitrogen and oxygen atoms in total. The van der Waals surface area contributed by atoms with E-state index in [1.54, 1.807) is 0 Å². The SMILES string of the molecule is OCC(CO)(CO)C(CCCS)(CCCS)CCCCS. The standard InChI is InChI=1S/C15H32O3S3/c16-11-15(12-17,13-18)14(6-3-9-20,7-4-10-21)5-1-2-8-19/h16-21H,1-13H2. The van der Waals surface area contributed by atoms with E-state index in [0.29, 0.717) is 0 Å². The summed E-state index contributed by atoms with van der Waals surface area (Å²) in [5.74, 6) is 2.38. The van der Waals surface area contributed by atoms with Crippen molar-refractivity contribution in [3.05, 3.63) is 0 Å². The van der Waals surface area contributed by atoms with Crippen LogP contribution in [0.25, 0.3) is 0 Å². The maximum absolute atomic E-state index is 9.89. The second-order valence-electron chi connectivity index (χ2n) is 5.87. The number of thiol groups is 3. The van der Waals surface area contributed by atoms with Crippen LogP contribution in [0.15, 0.2) is 0 Å². The fourth-order valence-electron chi connectivity index (χ4n) is 3.23. The van der Waals surface area contributed by atoms with Gasteiger partial charge in [0, 0.05) is 5.41 Å². The molecule has 0 unspecified atom stereocenters. The molecule has 3 N–H and O–H groups in total. The predicted octanol–water partition coefficient (Wildman–Crippen LogP) is 2.46. The first kappa shape index (κ1) is 21.9. The maximum Gasteiger partial charge on any atom is 0.0536 e.